The van der Waals surface area contributed by atoms with Gasteiger partial charge in [0.1, 0.15) is 19.0 Å². The molecule has 0 atom stereocenters. The molecule has 0 aliphatic heterocycles. The van der Waals surface area contributed by atoms with Gasteiger partial charge in [-0.15, -0.1) is 0 Å². The van der Waals surface area contributed by atoms with Gasteiger partial charge in [0.05, 0.1) is 0 Å². The molecule has 3 rings (SSSR count). The second-order valence-corrected chi connectivity index (χ2v) is 3.84. The topological polar surface area (TPSA) is 13.1 Å². The molecule has 0 N–H and O–H groups in total. The lowest BCUT2D eigenvalue weighted by atomic mass is 9.94. The Morgan fingerprint density at radius 1 is 1.00 bits per heavy atom. The Labute approximate surface area is 93.0 Å². The third-order valence-electron chi connectivity index (χ3n) is 2.53. The molecule has 0 bridgehead atoms. The summed E-state index contributed by atoms with van der Waals surface area (Å²) in [6.07, 6.45) is 0. The zero-order chi connectivity index (χ0) is 10.4. The van der Waals surface area contributed by atoms with Crippen molar-refractivity contribution in [3.05, 3.63) is 41.4 Å². The Kier molecular flexibility index (Phi) is 1.80. The maximum atomic E-state index is 5.93. The van der Waals surface area contributed by atoms with Crippen LogP contribution in [0.4, 0.5) is 0 Å². The highest BCUT2D eigenvalue weighted by Gasteiger charge is 2.09. The Balaban J connectivity index is 2.60. The molecular formula is C12H6BClO. The molecule has 0 fully saturated rings. The average molecular weight is 212 g/mol. The minimum Gasteiger partial charge on any atom is -0.457 e. The van der Waals surface area contributed by atoms with Crippen LogP contribution >= 0.6 is 11.6 Å². The van der Waals surface area contributed by atoms with E-state index >= 15 is 0 Å². The first kappa shape index (κ1) is 8.87. The molecule has 0 aliphatic carbocycles. The monoisotopic (exact) mass is 212 g/mol. The van der Waals surface area contributed by atoms with Crippen LogP contribution in [0.2, 0.25) is 5.02 Å². The first-order valence-electron chi connectivity index (χ1n) is 4.62. The van der Waals surface area contributed by atoms with E-state index in [1.807, 2.05) is 30.3 Å². The van der Waals surface area contributed by atoms with E-state index in [9.17, 15) is 0 Å². The van der Waals surface area contributed by atoms with Gasteiger partial charge < -0.3 is 4.42 Å². The number of para-hydroxylation sites is 1. The van der Waals surface area contributed by atoms with E-state index in [0.717, 1.165) is 16.4 Å². The summed E-state index contributed by atoms with van der Waals surface area (Å²) in [6, 6.07) is 11.6. The summed E-state index contributed by atoms with van der Waals surface area (Å²) in [5.74, 6) is 0. The number of halogens is 1. The molecule has 15 heavy (non-hydrogen) atoms. The predicted octanol–water partition coefficient (Wildman–Crippen LogP) is 3.03. The summed E-state index contributed by atoms with van der Waals surface area (Å²) in [5, 5.41) is 2.60. The standard InChI is InChI=1S/C12H6BClO/c13-11-9(14)6-5-8-7-3-1-2-4-10(7)15-12(8)11/h1-6H. The summed E-state index contributed by atoms with van der Waals surface area (Å²) in [4.78, 5) is 0. The molecule has 1 aromatic heterocycles. The highest BCUT2D eigenvalue weighted by Crippen LogP contribution is 2.28. The molecule has 2 aromatic carbocycles. The highest BCUT2D eigenvalue weighted by atomic mass is 35.5. The first-order chi connectivity index (χ1) is 7.27. The number of fused-ring (bicyclic) bond motifs is 3. The lowest BCUT2D eigenvalue weighted by Gasteiger charge is -1.97. The lowest BCUT2D eigenvalue weighted by Crippen LogP contribution is -2.03. The number of hydrogen-bond donors (Lipinski definition) is 0. The van der Waals surface area contributed by atoms with Crippen molar-refractivity contribution in [2.45, 2.75) is 0 Å². The van der Waals surface area contributed by atoms with Crippen LogP contribution in [0, 0.1) is 0 Å². The fourth-order valence-corrected chi connectivity index (χ4v) is 1.93. The summed E-state index contributed by atoms with van der Waals surface area (Å²) in [5.41, 5.74) is 2.01. The molecule has 3 heteroatoms. The van der Waals surface area contributed by atoms with Gasteiger partial charge in [-0.2, -0.15) is 0 Å². The fraction of sp³-hybridized carbons (Fsp3) is 0. The van der Waals surface area contributed by atoms with Gasteiger partial charge >= 0.3 is 0 Å². The van der Waals surface area contributed by atoms with Gasteiger partial charge in [0, 0.05) is 15.8 Å². The lowest BCUT2D eigenvalue weighted by molar-refractivity contribution is 0.671. The summed E-state index contributed by atoms with van der Waals surface area (Å²) in [7, 11) is 5.86. The normalized spacial score (nSPS) is 11.3. The van der Waals surface area contributed by atoms with Gasteiger partial charge in [0.25, 0.3) is 0 Å². The highest BCUT2D eigenvalue weighted by molar-refractivity contribution is 6.49. The largest absolute Gasteiger partial charge is 0.457 e. The van der Waals surface area contributed by atoms with Crippen LogP contribution in [0.1, 0.15) is 0 Å². The van der Waals surface area contributed by atoms with Crippen molar-refractivity contribution in [3.8, 4) is 0 Å². The van der Waals surface area contributed by atoms with Gasteiger partial charge in [0.15, 0.2) is 0 Å². The van der Waals surface area contributed by atoms with E-state index in [1.54, 1.807) is 6.07 Å². The molecule has 0 amide bonds. The van der Waals surface area contributed by atoms with Crippen molar-refractivity contribution >= 4 is 46.8 Å². The molecule has 3 aromatic rings. The van der Waals surface area contributed by atoms with E-state index in [4.69, 9.17) is 23.9 Å². The SMILES string of the molecule is [B]c1c(Cl)ccc2c1oc1ccccc12. The predicted molar refractivity (Wildman–Crippen MR) is 64.1 cm³/mol. The molecule has 0 spiro atoms. The number of hydrogen-bond acceptors (Lipinski definition) is 1. The first-order valence-corrected chi connectivity index (χ1v) is 5.00. The third kappa shape index (κ3) is 1.18. The van der Waals surface area contributed by atoms with Gasteiger partial charge in [-0.1, -0.05) is 29.8 Å². The van der Waals surface area contributed by atoms with Crippen LogP contribution in [0.15, 0.2) is 40.8 Å². The van der Waals surface area contributed by atoms with Gasteiger partial charge in [-0.3, -0.25) is 0 Å². The summed E-state index contributed by atoms with van der Waals surface area (Å²) >= 11 is 5.93. The van der Waals surface area contributed by atoms with Gasteiger partial charge in [0.2, 0.25) is 0 Å². The van der Waals surface area contributed by atoms with Crippen molar-refractivity contribution in [2.75, 3.05) is 0 Å². The molecule has 1 heterocycles. The molecule has 1 nitrogen and oxygen atoms in total. The fourth-order valence-electron chi connectivity index (χ4n) is 1.79. The van der Waals surface area contributed by atoms with Crippen molar-refractivity contribution in [2.24, 2.45) is 0 Å². The zero-order valence-corrected chi connectivity index (χ0v) is 8.58. The van der Waals surface area contributed by atoms with Crippen molar-refractivity contribution in [1.29, 1.82) is 0 Å². The van der Waals surface area contributed by atoms with Crippen molar-refractivity contribution < 1.29 is 4.42 Å². The molecule has 0 saturated heterocycles. The Bertz CT molecular complexity index is 657. The molecular weight excluding hydrogens is 206 g/mol. The average Bonchev–Trinajstić information content (AvgIpc) is 2.63. The van der Waals surface area contributed by atoms with Crippen LogP contribution in [0.25, 0.3) is 21.9 Å². The number of furan rings is 1. The quantitative estimate of drug-likeness (QED) is 0.522. The number of rotatable bonds is 0. The molecule has 0 saturated carbocycles. The van der Waals surface area contributed by atoms with Crippen LogP contribution in [0.3, 0.4) is 0 Å². The molecule has 2 radical (unpaired) electrons. The van der Waals surface area contributed by atoms with Crippen molar-refractivity contribution in [1.82, 2.24) is 0 Å². The van der Waals surface area contributed by atoms with E-state index < -0.39 is 0 Å². The van der Waals surface area contributed by atoms with Crippen LogP contribution in [0.5, 0.6) is 0 Å². The minimum atomic E-state index is 0.505. The smallest absolute Gasteiger partial charge is 0.135 e. The second kappa shape index (κ2) is 3.04. The Morgan fingerprint density at radius 3 is 2.67 bits per heavy atom. The molecule has 0 aliphatic rings. The van der Waals surface area contributed by atoms with Gasteiger partial charge in [-0.05, 0) is 23.7 Å². The van der Waals surface area contributed by atoms with Crippen LogP contribution < -0.4 is 5.46 Å². The third-order valence-corrected chi connectivity index (χ3v) is 2.86. The maximum absolute atomic E-state index is 5.93. The van der Waals surface area contributed by atoms with Crippen molar-refractivity contribution in [3.63, 3.8) is 0 Å². The Hall–Kier alpha value is -1.41. The van der Waals surface area contributed by atoms with Crippen LogP contribution in [-0.4, -0.2) is 7.85 Å². The second-order valence-electron chi connectivity index (χ2n) is 3.44. The minimum absolute atomic E-state index is 0.505. The van der Waals surface area contributed by atoms with Crippen LogP contribution in [-0.2, 0) is 0 Å². The number of benzene rings is 2. The van der Waals surface area contributed by atoms with E-state index in [1.165, 1.54) is 0 Å². The zero-order valence-electron chi connectivity index (χ0n) is 7.83. The maximum Gasteiger partial charge on any atom is 0.135 e. The summed E-state index contributed by atoms with van der Waals surface area (Å²) in [6.45, 7) is 0. The van der Waals surface area contributed by atoms with E-state index in [-0.39, 0.29) is 0 Å². The van der Waals surface area contributed by atoms with E-state index in [2.05, 4.69) is 0 Å². The van der Waals surface area contributed by atoms with E-state index in [0.29, 0.717) is 16.1 Å². The Morgan fingerprint density at radius 2 is 1.80 bits per heavy atom. The van der Waals surface area contributed by atoms with Gasteiger partial charge in [-0.25, -0.2) is 0 Å². The molecule has 0 unspecified atom stereocenters. The molecule has 70 valence electrons. The summed E-state index contributed by atoms with van der Waals surface area (Å²) < 4.78 is 5.65.